The standard InChI is InChI=1S/C17H17BrN2O/c18-14-6-3-12(4-7-14)10-17(21)20-15-8-5-13-2-1-9-19-16(13)11-15/h3-8,11,19H,1-2,9-10H2,(H,20,21). The molecule has 0 saturated carbocycles. The zero-order chi connectivity index (χ0) is 14.7. The maximum Gasteiger partial charge on any atom is 0.228 e. The van der Waals surface area contributed by atoms with E-state index in [1.807, 2.05) is 36.4 Å². The molecule has 2 aromatic rings. The highest BCUT2D eigenvalue weighted by atomic mass is 79.9. The molecule has 0 saturated heterocycles. The van der Waals surface area contributed by atoms with Gasteiger partial charge in [0.1, 0.15) is 0 Å². The molecular weight excluding hydrogens is 328 g/mol. The predicted octanol–water partition coefficient (Wildman–Crippen LogP) is 3.99. The van der Waals surface area contributed by atoms with Gasteiger partial charge in [0.25, 0.3) is 0 Å². The largest absolute Gasteiger partial charge is 0.385 e. The third-order valence-electron chi connectivity index (χ3n) is 3.61. The zero-order valence-electron chi connectivity index (χ0n) is 11.7. The normalized spacial score (nSPS) is 13.2. The fraction of sp³-hybridized carbons (Fsp3) is 0.235. The number of halogens is 1. The molecule has 0 aromatic heterocycles. The van der Waals surface area contributed by atoms with Crippen LogP contribution in [0.5, 0.6) is 0 Å². The molecule has 3 nitrogen and oxygen atoms in total. The first kappa shape index (κ1) is 14.1. The van der Waals surface area contributed by atoms with Crippen LogP contribution in [0.1, 0.15) is 17.5 Å². The van der Waals surface area contributed by atoms with Crippen LogP contribution in [0.4, 0.5) is 11.4 Å². The number of benzene rings is 2. The van der Waals surface area contributed by atoms with Gasteiger partial charge in [-0.1, -0.05) is 34.1 Å². The maximum absolute atomic E-state index is 12.1. The van der Waals surface area contributed by atoms with Crippen molar-refractivity contribution in [3.63, 3.8) is 0 Å². The monoisotopic (exact) mass is 344 g/mol. The first-order valence-corrected chi connectivity index (χ1v) is 7.91. The van der Waals surface area contributed by atoms with Gasteiger partial charge in [-0.25, -0.2) is 0 Å². The van der Waals surface area contributed by atoms with Crippen molar-refractivity contribution >= 4 is 33.2 Å². The fourth-order valence-corrected chi connectivity index (χ4v) is 2.80. The van der Waals surface area contributed by atoms with Gasteiger partial charge in [0.05, 0.1) is 6.42 Å². The number of hydrogen-bond acceptors (Lipinski definition) is 2. The highest BCUT2D eigenvalue weighted by molar-refractivity contribution is 9.10. The molecule has 4 heteroatoms. The summed E-state index contributed by atoms with van der Waals surface area (Å²) < 4.78 is 1.02. The molecular formula is C17H17BrN2O. The van der Waals surface area contributed by atoms with E-state index in [2.05, 4.69) is 32.6 Å². The van der Waals surface area contributed by atoms with E-state index in [-0.39, 0.29) is 5.91 Å². The van der Waals surface area contributed by atoms with E-state index in [4.69, 9.17) is 0 Å². The molecule has 0 radical (unpaired) electrons. The van der Waals surface area contributed by atoms with Crippen LogP contribution in [-0.4, -0.2) is 12.5 Å². The molecule has 108 valence electrons. The lowest BCUT2D eigenvalue weighted by atomic mass is 10.0. The molecule has 0 unspecified atom stereocenters. The lowest BCUT2D eigenvalue weighted by Gasteiger charge is -2.18. The maximum atomic E-state index is 12.1. The van der Waals surface area contributed by atoms with Crippen molar-refractivity contribution in [1.82, 2.24) is 0 Å². The van der Waals surface area contributed by atoms with Crippen LogP contribution < -0.4 is 10.6 Å². The third-order valence-corrected chi connectivity index (χ3v) is 4.14. The van der Waals surface area contributed by atoms with Crippen LogP contribution in [0.15, 0.2) is 46.9 Å². The van der Waals surface area contributed by atoms with Crippen molar-refractivity contribution in [2.24, 2.45) is 0 Å². The number of hydrogen-bond donors (Lipinski definition) is 2. The summed E-state index contributed by atoms with van der Waals surface area (Å²) in [4.78, 5) is 12.1. The van der Waals surface area contributed by atoms with Gasteiger partial charge >= 0.3 is 0 Å². The van der Waals surface area contributed by atoms with Crippen molar-refractivity contribution < 1.29 is 4.79 Å². The minimum absolute atomic E-state index is 0.00748. The molecule has 1 amide bonds. The van der Waals surface area contributed by atoms with Gasteiger partial charge in [-0.05, 0) is 48.2 Å². The summed E-state index contributed by atoms with van der Waals surface area (Å²) >= 11 is 3.39. The summed E-state index contributed by atoms with van der Waals surface area (Å²) in [6, 6.07) is 13.9. The van der Waals surface area contributed by atoms with E-state index in [1.54, 1.807) is 0 Å². The second kappa shape index (κ2) is 6.31. The molecule has 2 aromatic carbocycles. The minimum Gasteiger partial charge on any atom is -0.385 e. The number of anilines is 2. The van der Waals surface area contributed by atoms with E-state index >= 15 is 0 Å². The van der Waals surface area contributed by atoms with Crippen LogP contribution in [0.25, 0.3) is 0 Å². The number of carbonyl (C=O) groups is 1. The molecule has 1 aliphatic rings. The SMILES string of the molecule is O=C(Cc1ccc(Br)cc1)Nc1ccc2c(c1)NCCC2. The summed E-state index contributed by atoms with van der Waals surface area (Å²) in [6.07, 6.45) is 2.66. The van der Waals surface area contributed by atoms with Crippen molar-refractivity contribution in [3.8, 4) is 0 Å². The van der Waals surface area contributed by atoms with E-state index in [9.17, 15) is 4.79 Å². The number of rotatable bonds is 3. The summed E-state index contributed by atoms with van der Waals surface area (Å²) in [6.45, 7) is 1.00. The molecule has 2 N–H and O–H groups in total. The zero-order valence-corrected chi connectivity index (χ0v) is 13.2. The van der Waals surface area contributed by atoms with Gasteiger partial charge in [-0.3, -0.25) is 4.79 Å². The molecule has 0 atom stereocenters. The Morgan fingerprint density at radius 2 is 2.00 bits per heavy atom. The summed E-state index contributed by atoms with van der Waals surface area (Å²) in [5, 5.41) is 6.34. The van der Waals surface area contributed by atoms with E-state index in [1.165, 1.54) is 12.0 Å². The summed E-state index contributed by atoms with van der Waals surface area (Å²) in [5.74, 6) is 0.00748. The molecule has 1 aliphatic heterocycles. The number of amides is 1. The number of aryl methyl sites for hydroxylation is 1. The van der Waals surface area contributed by atoms with Crippen molar-refractivity contribution in [1.29, 1.82) is 0 Å². The third kappa shape index (κ3) is 3.64. The van der Waals surface area contributed by atoms with Crippen LogP contribution >= 0.6 is 15.9 Å². The fourth-order valence-electron chi connectivity index (χ4n) is 2.53. The smallest absolute Gasteiger partial charge is 0.228 e. The van der Waals surface area contributed by atoms with Gasteiger partial charge in [0.2, 0.25) is 5.91 Å². The first-order chi connectivity index (χ1) is 10.2. The van der Waals surface area contributed by atoms with Crippen molar-refractivity contribution in [3.05, 3.63) is 58.1 Å². The van der Waals surface area contributed by atoms with E-state index in [0.29, 0.717) is 6.42 Å². The second-order valence-corrected chi connectivity index (χ2v) is 6.17. The number of nitrogens with one attached hydrogen (secondary N) is 2. The van der Waals surface area contributed by atoms with Crippen LogP contribution in [-0.2, 0) is 17.6 Å². The van der Waals surface area contributed by atoms with Gasteiger partial charge < -0.3 is 10.6 Å². The van der Waals surface area contributed by atoms with Crippen LogP contribution in [0.2, 0.25) is 0 Å². The Kier molecular flexibility index (Phi) is 4.25. The highest BCUT2D eigenvalue weighted by Gasteiger charge is 2.10. The topological polar surface area (TPSA) is 41.1 Å². The minimum atomic E-state index is 0.00748. The number of fused-ring (bicyclic) bond motifs is 1. The second-order valence-electron chi connectivity index (χ2n) is 5.25. The lowest BCUT2D eigenvalue weighted by Crippen LogP contribution is -2.16. The molecule has 0 aliphatic carbocycles. The van der Waals surface area contributed by atoms with E-state index in [0.717, 1.165) is 34.4 Å². The highest BCUT2D eigenvalue weighted by Crippen LogP contribution is 2.25. The van der Waals surface area contributed by atoms with Gasteiger partial charge in [0.15, 0.2) is 0 Å². The Bertz CT molecular complexity index is 652. The Labute approximate surface area is 132 Å². The first-order valence-electron chi connectivity index (χ1n) is 7.12. The van der Waals surface area contributed by atoms with Crippen LogP contribution in [0.3, 0.4) is 0 Å². The van der Waals surface area contributed by atoms with Gasteiger partial charge in [0, 0.05) is 22.4 Å². The quantitative estimate of drug-likeness (QED) is 0.883. The predicted molar refractivity (Wildman–Crippen MR) is 89.7 cm³/mol. The molecule has 0 spiro atoms. The molecule has 0 fully saturated rings. The average molecular weight is 345 g/mol. The average Bonchev–Trinajstić information content (AvgIpc) is 2.49. The Balaban J connectivity index is 1.65. The Morgan fingerprint density at radius 1 is 1.19 bits per heavy atom. The lowest BCUT2D eigenvalue weighted by molar-refractivity contribution is -0.115. The summed E-state index contributed by atoms with van der Waals surface area (Å²) in [5.41, 5.74) is 4.33. The van der Waals surface area contributed by atoms with Crippen LogP contribution in [0, 0.1) is 0 Å². The van der Waals surface area contributed by atoms with Crippen molar-refractivity contribution in [2.75, 3.05) is 17.2 Å². The molecule has 21 heavy (non-hydrogen) atoms. The van der Waals surface area contributed by atoms with Crippen molar-refractivity contribution in [2.45, 2.75) is 19.3 Å². The number of carbonyl (C=O) groups excluding carboxylic acids is 1. The molecule has 3 rings (SSSR count). The Hall–Kier alpha value is -1.81. The van der Waals surface area contributed by atoms with Gasteiger partial charge in [-0.15, -0.1) is 0 Å². The van der Waals surface area contributed by atoms with E-state index < -0.39 is 0 Å². The molecule has 0 bridgehead atoms. The molecule has 1 heterocycles. The van der Waals surface area contributed by atoms with Gasteiger partial charge in [-0.2, -0.15) is 0 Å². The summed E-state index contributed by atoms with van der Waals surface area (Å²) in [7, 11) is 0. The Morgan fingerprint density at radius 3 is 2.81 bits per heavy atom.